The average Bonchev–Trinajstić information content (AvgIpc) is 3.11. The Balaban J connectivity index is 1.84. The maximum atomic E-state index is 12.2. The molecule has 8 nitrogen and oxygen atoms in total. The van der Waals surface area contributed by atoms with E-state index in [2.05, 4.69) is 10.4 Å². The second-order valence-corrected chi connectivity index (χ2v) is 5.28. The molecule has 1 aliphatic rings. The van der Waals surface area contributed by atoms with Crippen LogP contribution in [0.3, 0.4) is 0 Å². The molecule has 1 saturated carbocycles. The van der Waals surface area contributed by atoms with Gasteiger partial charge in [-0.15, -0.1) is 0 Å². The summed E-state index contributed by atoms with van der Waals surface area (Å²) in [5.41, 5.74) is 0.143. The van der Waals surface area contributed by atoms with Crippen LogP contribution >= 0.6 is 0 Å². The fourth-order valence-corrected chi connectivity index (χ4v) is 2.70. The van der Waals surface area contributed by atoms with Crippen molar-refractivity contribution >= 4 is 5.69 Å². The van der Waals surface area contributed by atoms with E-state index in [9.17, 15) is 14.9 Å². The number of nitrogens with zero attached hydrogens (tertiary/aromatic N) is 5. The molecule has 0 aliphatic heterocycles. The van der Waals surface area contributed by atoms with Crippen LogP contribution < -0.4 is 5.69 Å². The molecule has 1 aromatic carbocycles. The van der Waals surface area contributed by atoms with Crippen LogP contribution in [0, 0.1) is 16.0 Å². The molecular formula is C13H15N5O3. The normalized spacial score (nSPS) is 15.4. The highest BCUT2D eigenvalue weighted by atomic mass is 16.6. The summed E-state index contributed by atoms with van der Waals surface area (Å²) in [7, 11) is 0. The summed E-state index contributed by atoms with van der Waals surface area (Å²) in [6.07, 6.45) is 4.65. The van der Waals surface area contributed by atoms with E-state index >= 15 is 0 Å². The highest BCUT2D eigenvalue weighted by molar-refractivity contribution is 5.39. The van der Waals surface area contributed by atoms with E-state index in [-0.39, 0.29) is 11.4 Å². The highest BCUT2D eigenvalue weighted by Gasteiger charge is 2.18. The molecule has 110 valence electrons. The second-order valence-electron chi connectivity index (χ2n) is 5.28. The van der Waals surface area contributed by atoms with Gasteiger partial charge in [0.05, 0.1) is 17.2 Å². The lowest BCUT2D eigenvalue weighted by molar-refractivity contribution is -0.384. The lowest BCUT2D eigenvalue weighted by atomic mass is 10.1. The molecule has 1 fully saturated rings. The molecule has 0 atom stereocenters. The summed E-state index contributed by atoms with van der Waals surface area (Å²) in [5.74, 6) is 0.490. The van der Waals surface area contributed by atoms with E-state index in [4.69, 9.17) is 0 Å². The topological polar surface area (TPSA) is 95.8 Å². The molecule has 2 aromatic rings. The van der Waals surface area contributed by atoms with Crippen molar-refractivity contribution in [1.29, 1.82) is 0 Å². The number of hydrogen-bond acceptors (Lipinski definition) is 5. The quantitative estimate of drug-likeness (QED) is 0.628. The minimum atomic E-state index is -0.483. The summed E-state index contributed by atoms with van der Waals surface area (Å²) in [6, 6.07) is 5.68. The van der Waals surface area contributed by atoms with Gasteiger partial charge in [-0.2, -0.15) is 9.36 Å². The van der Waals surface area contributed by atoms with E-state index in [1.165, 1.54) is 46.5 Å². The molecule has 0 bridgehead atoms. The summed E-state index contributed by atoms with van der Waals surface area (Å²) >= 11 is 0. The number of aromatic nitrogens is 4. The first kappa shape index (κ1) is 13.5. The molecule has 1 heterocycles. The molecule has 3 rings (SSSR count). The zero-order valence-electron chi connectivity index (χ0n) is 11.4. The minimum absolute atomic E-state index is 0.0230. The molecule has 0 amide bonds. The van der Waals surface area contributed by atoms with Crippen molar-refractivity contribution in [3.63, 3.8) is 0 Å². The molecule has 0 spiro atoms. The molecule has 0 unspecified atom stereocenters. The minimum Gasteiger partial charge on any atom is -0.258 e. The van der Waals surface area contributed by atoms with Crippen molar-refractivity contribution in [3.05, 3.63) is 44.9 Å². The number of benzene rings is 1. The number of hydrogen-bond donors (Lipinski definition) is 0. The highest BCUT2D eigenvalue weighted by Crippen LogP contribution is 2.25. The fraction of sp³-hybridized carbons (Fsp3) is 0.462. The monoisotopic (exact) mass is 289 g/mol. The molecule has 1 aliphatic carbocycles. The van der Waals surface area contributed by atoms with Crippen molar-refractivity contribution in [2.45, 2.75) is 32.2 Å². The van der Waals surface area contributed by atoms with E-state index in [0.29, 0.717) is 18.2 Å². The van der Waals surface area contributed by atoms with Crippen LogP contribution in [-0.4, -0.2) is 24.7 Å². The average molecular weight is 289 g/mol. The predicted octanol–water partition coefficient (Wildman–Crippen LogP) is 1.53. The Kier molecular flexibility index (Phi) is 3.51. The molecule has 0 N–H and O–H groups in total. The van der Waals surface area contributed by atoms with Crippen molar-refractivity contribution in [1.82, 2.24) is 19.8 Å². The number of non-ortho nitro benzene ring substituents is 1. The Labute approximate surface area is 120 Å². The fourth-order valence-electron chi connectivity index (χ4n) is 2.70. The summed E-state index contributed by atoms with van der Waals surface area (Å²) in [6.45, 7) is 0.589. The van der Waals surface area contributed by atoms with Gasteiger partial charge in [-0.3, -0.25) is 10.1 Å². The Hall–Kier alpha value is -2.51. The first-order valence-electron chi connectivity index (χ1n) is 6.93. The number of rotatable bonds is 4. The lowest BCUT2D eigenvalue weighted by Gasteiger charge is -2.05. The van der Waals surface area contributed by atoms with Crippen molar-refractivity contribution in [3.8, 4) is 5.69 Å². The maximum Gasteiger partial charge on any atom is 0.368 e. The van der Waals surface area contributed by atoms with Gasteiger partial charge in [-0.1, -0.05) is 12.8 Å². The van der Waals surface area contributed by atoms with Gasteiger partial charge >= 0.3 is 5.69 Å². The van der Waals surface area contributed by atoms with Crippen molar-refractivity contribution in [2.24, 2.45) is 5.92 Å². The maximum absolute atomic E-state index is 12.2. The van der Waals surface area contributed by atoms with Gasteiger partial charge in [0.2, 0.25) is 0 Å². The third-order valence-corrected chi connectivity index (χ3v) is 3.85. The Morgan fingerprint density at radius 3 is 2.48 bits per heavy atom. The van der Waals surface area contributed by atoms with Crippen LogP contribution in [0.1, 0.15) is 25.7 Å². The van der Waals surface area contributed by atoms with E-state index in [1.807, 2.05) is 0 Å². The largest absolute Gasteiger partial charge is 0.368 e. The predicted molar refractivity (Wildman–Crippen MR) is 74.2 cm³/mol. The zero-order valence-corrected chi connectivity index (χ0v) is 11.4. The smallest absolute Gasteiger partial charge is 0.258 e. The zero-order chi connectivity index (χ0) is 14.8. The number of tetrazole rings is 1. The summed E-state index contributed by atoms with van der Waals surface area (Å²) < 4.78 is 2.54. The van der Waals surface area contributed by atoms with E-state index in [1.54, 1.807) is 0 Å². The van der Waals surface area contributed by atoms with Crippen molar-refractivity contribution < 1.29 is 4.92 Å². The van der Waals surface area contributed by atoms with Gasteiger partial charge in [0.1, 0.15) is 0 Å². The van der Waals surface area contributed by atoms with Crippen LogP contribution in [0.15, 0.2) is 29.1 Å². The van der Waals surface area contributed by atoms with Crippen LogP contribution in [0.25, 0.3) is 5.69 Å². The third-order valence-electron chi connectivity index (χ3n) is 3.85. The number of nitro benzene ring substituents is 1. The lowest BCUT2D eigenvalue weighted by Crippen LogP contribution is -2.26. The SMILES string of the molecule is O=c1n(CC2CCCC2)nnn1-c1ccc([N+](=O)[O-])cc1. The van der Waals surface area contributed by atoms with Gasteiger partial charge in [-0.05, 0) is 41.3 Å². The van der Waals surface area contributed by atoms with Crippen molar-refractivity contribution in [2.75, 3.05) is 0 Å². The van der Waals surface area contributed by atoms with Gasteiger partial charge in [0, 0.05) is 12.1 Å². The summed E-state index contributed by atoms with van der Waals surface area (Å²) in [5, 5.41) is 18.4. The van der Waals surface area contributed by atoms with Crippen LogP contribution in [0.5, 0.6) is 0 Å². The Morgan fingerprint density at radius 1 is 1.19 bits per heavy atom. The van der Waals surface area contributed by atoms with Crippen LogP contribution in [0.2, 0.25) is 0 Å². The van der Waals surface area contributed by atoms with Gasteiger partial charge in [0.15, 0.2) is 0 Å². The first-order chi connectivity index (χ1) is 10.1. The van der Waals surface area contributed by atoms with Gasteiger partial charge in [-0.25, -0.2) is 4.79 Å². The molecule has 0 radical (unpaired) electrons. The van der Waals surface area contributed by atoms with Crippen LogP contribution in [0.4, 0.5) is 5.69 Å². The molecule has 0 saturated heterocycles. The molecule has 1 aromatic heterocycles. The third kappa shape index (κ3) is 2.69. The molecular weight excluding hydrogens is 274 g/mol. The molecule has 8 heteroatoms. The second kappa shape index (κ2) is 5.47. The Bertz CT molecular complexity index is 697. The Morgan fingerprint density at radius 2 is 1.86 bits per heavy atom. The van der Waals surface area contributed by atoms with E-state index in [0.717, 1.165) is 12.8 Å². The summed E-state index contributed by atoms with van der Waals surface area (Å²) in [4.78, 5) is 22.4. The first-order valence-corrected chi connectivity index (χ1v) is 6.93. The van der Waals surface area contributed by atoms with Gasteiger partial charge in [0.25, 0.3) is 5.69 Å². The van der Waals surface area contributed by atoms with Gasteiger partial charge < -0.3 is 0 Å². The van der Waals surface area contributed by atoms with Crippen LogP contribution in [-0.2, 0) is 6.54 Å². The number of nitro groups is 1. The molecule has 21 heavy (non-hydrogen) atoms. The standard InChI is InChI=1S/C13H15N5O3/c19-13-16(9-10-3-1-2-4-10)14-15-17(13)11-5-7-12(8-6-11)18(20)21/h5-8,10H,1-4,9H2. The van der Waals surface area contributed by atoms with E-state index < -0.39 is 4.92 Å².